The summed E-state index contributed by atoms with van der Waals surface area (Å²) in [6.45, 7) is 4.74. The van der Waals surface area contributed by atoms with E-state index in [0.29, 0.717) is 11.5 Å². The number of ether oxygens (including phenoxy) is 1. The molecule has 0 saturated heterocycles. The Morgan fingerprint density at radius 1 is 1.24 bits per heavy atom. The van der Waals surface area contributed by atoms with Gasteiger partial charge in [-0.3, -0.25) is 0 Å². The molecule has 1 saturated carbocycles. The SMILES string of the molecule is CNC1CCCc2nc(C3(OC)CCC(C)(C)CC3)sc21. The lowest BCUT2D eigenvalue weighted by atomic mass is 9.71. The maximum Gasteiger partial charge on any atom is 0.125 e. The van der Waals surface area contributed by atoms with Crippen molar-refractivity contribution in [3.63, 3.8) is 0 Å². The van der Waals surface area contributed by atoms with E-state index in [1.807, 2.05) is 18.4 Å². The number of methoxy groups -OCH3 is 1. The normalized spacial score (nSPS) is 27.3. The predicted octanol–water partition coefficient (Wildman–Crippen LogP) is 4.18. The molecule has 2 aliphatic rings. The molecular formula is C17H28N2OS. The van der Waals surface area contributed by atoms with Crippen LogP contribution in [0.3, 0.4) is 0 Å². The Morgan fingerprint density at radius 3 is 2.57 bits per heavy atom. The minimum Gasteiger partial charge on any atom is -0.371 e. The topological polar surface area (TPSA) is 34.2 Å². The van der Waals surface area contributed by atoms with Gasteiger partial charge < -0.3 is 10.1 Å². The number of nitrogens with zero attached hydrogens (tertiary/aromatic N) is 1. The highest BCUT2D eigenvalue weighted by molar-refractivity contribution is 7.12. The molecule has 1 atom stereocenters. The Hall–Kier alpha value is -0.450. The van der Waals surface area contributed by atoms with E-state index in [1.165, 1.54) is 41.3 Å². The molecule has 3 rings (SSSR count). The Kier molecular flexibility index (Phi) is 4.15. The van der Waals surface area contributed by atoms with Crippen LogP contribution in [0.15, 0.2) is 0 Å². The van der Waals surface area contributed by atoms with Crippen LogP contribution in [-0.4, -0.2) is 19.1 Å². The molecule has 2 aliphatic carbocycles. The number of thiazole rings is 1. The minimum atomic E-state index is -0.129. The summed E-state index contributed by atoms with van der Waals surface area (Å²) in [6.07, 6.45) is 8.27. The first-order valence-electron chi connectivity index (χ1n) is 8.22. The van der Waals surface area contributed by atoms with Gasteiger partial charge in [0.2, 0.25) is 0 Å². The van der Waals surface area contributed by atoms with E-state index in [2.05, 4.69) is 26.2 Å². The molecule has 1 heterocycles. The van der Waals surface area contributed by atoms with Gasteiger partial charge in [-0.05, 0) is 57.4 Å². The summed E-state index contributed by atoms with van der Waals surface area (Å²) in [4.78, 5) is 6.48. The first-order chi connectivity index (χ1) is 10.00. The Bertz CT molecular complexity index is 499. The number of aryl methyl sites for hydroxylation is 1. The smallest absolute Gasteiger partial charge is 0.125 e. The van der Waals surface area contributed by atoms with E-state index in [4.69, 9.17) is 9.72 Å². The minimum absolute atomic E-state index is 0.129. The second-order valence-corrected chi connectivity index (χ2v) is 8.46. The summed E-state index contributed by atoms with van der Waals surface area (Å²) >= 11 is 1.90. The predicted molar refractivity (Wildman–Crippen MR) is 87.8 cm³/mol. The van der Waals surface area contributed by atoms with E-state index < -0.39 is 0 Å². The molecule has 1 aromatic rings. The van der Waals surface area contributed by atoms with E-state index in [-0.39, 0.29) is 5.60 Å². The molecule has 4 heteroatoms. The summed E-state index contributed by atoms with van der Waals surface area (Å²) in [5.41, 5.74) is 1.64. The highest BCUT2D eigenvalue weighted by atomic mass is 32.1. The molecule has 0 aromatic carbocycles. The lowest BCUT2D eigenvalue weighted by Crippen LogP contribution is -2.36. The molecule has 1 aromatic heterocycles. The van der Waals surface area contributed by atoms with Crippen LogP contribution in [0.5, 0.6) is 0 Å². The van der Waals surface area contributed by atoms with Crippen LogP contribution < -0.4 is 5.32 Å². The zero-order chi connectivity index (χ0) is 15.1. The summed E-state index contributed by atoms with van der Waals surface area (Å²) in [6, 6.07) is 0.494. The first-order valence-corrected chi connectivity index (χ1v) is 9.04. The molecule has 0 aliphatic heterocycles. The average molecular weight is 308 g/mol. The monoisotopic (exact) mass is 308 g/mol. The van der Waals surface area contributed by atoms with Crippen molar-refractivity contribution in [1.82, 2.24) is 10.3 Å². The molecule has 1 fully saturated rings. The van der Waals surface area contributed by atoms with Crippen LogP contribution in [0.4, 0.5) is 0 Å². The van der Waals surface area contributed by atoms with Crippen LogP contribution >= 0.6 is 11.3 Å². The van der Waals surface area contributed by atoms with Gasteiger partial charge >= 0.3 is 0 Å². The maximum absolute atomic E-state index is 6.03. The largest absolute Gasteiger partial charge is 0.371 e. The third kappa shape index (κ3) is 2.78. The number of nitrogens with one attached hydrogen (secondary N) is 1. The van der Waals surface area contributed by atoms with Gasteiger partial charge in [0.1, 0.15) is 10.6 Å². The fourth-order valence-electron chi connectivity index (χ4n) is 3.73. The highest BCUT2D eigenvalue weighted by Gasteiger charge is 2.43. The molecule has 0 radical (unpaired) electrons. The van der Waals surface area contributed by atoms with Gasteiger partial charge in [-0.15, -0.1) is 11.3 Å². The van der Waals surface area contributed by atoms with Crippen LogP contribution in [0, 0.1) is 5.41 Å². The van der Waals surface area contributed by atoms with Gasteiger partial charge in [0.05, 0.1) is 5.69 Å². The van der Waals surface area contributed by atoms with E-state index >= 15 is 0 Å². The van der Waals surface area contributed by atoms with Crippen molar-refractivity contribution in [1.29, 1.82) is 0 Å². The molecule has 3 nitrogen and oxygen atoms in total. The number of hydrogen-bond acceptors (Lipinski definition) is 4. The van der Waals surface area contributed by atoms with Crippen molar-refractivity contribution in [2.24, 2.45) is 5.41 Å². The zero-order valence-corrected chi connectivity index (χ0v) is 14.6. The number of hydrogen-bond donors (Lipinski definition) is 1. The molecule has 1 N–H and O–H groups in total. The molecule has 118 valence electrons. The second kappa shape index (κ2) is 5.64. The lowest BCUT2D eigenvalue weighted by Gasteiger charge is -2.41. The van der Waals surface area contributed by atoms with Gasteiger partial charge in [0, 0.05) is 18.0 Å². The van der Waals surface area contributed by atoms with Gasteiger partial charge in [-0.2, -0.15) is 0 Å². The number of aromatic nitrogens is 1. The van der Waals surface area contributed by atoms with E-state index in [9.17, 15) is 0 Å². The zero-order valence-electron chi connectivity index (χ0n) is 13.8. The number of fused-ring (bicyclic) bond motifs is 1. The molecule has 0 bridgehead atoms. The summed E-state index contributed by atoms with van der Waals surface area (Å²) in [7, 11) is 3.93. The Balaban J connectivity index is 1.90. The Labute approximate surface area is 132 Å². The van der Waals surface area contributed by atoms with Gasteiger partial charge in [-0.1, -0.05) is 13.8 Å². The maximum atomic E-state index is 6.03. The second-order valence-electron chi connectivity index (χ2n) is 7.43. The van der Waals surface area contributed by atoms with Crippen molar-refractivity contribution in [2.45, 2.75) is 70.4 Å². The van der Waals surface area contributed by atoms with Crippen LogP contribution in [0.25, 0.3) is 0 Å². The summed E-state index contributed by atoms with van der Waals surface area (Å²) < 4.78 is 6.03. The van der Waals surface area contributed by atoms with Crippen LogP contribution in [-0.2, 0) is 16.8 Å². The highest BCUT2D eigenvalue weighted by Crippen LogP contribution is 2.49. The molecule has 0 spiro atoms. The average Bonchev–Trinajstić information content (AvgIpc) is 2.92. The fraction of sp³-hybridized carbons (Fsp3) is 0.824. The van der Waals surface area contributed by atoms with Crippen molar-refractivity contribution in [3.8, 4) is 0 Å². The lowest BCUT2D eigenvalue weighted by molar-refractivity contribution is -0.0668. The third-order valence-electron chi connectivity index (χ3n) is 5.49. The first kappa shape index (κ1) is 15.4. The van der Waals surface area contributed by atoms with Crippen LogP contribution in [0.1, 0.15) is 74.0 Å². The quantitative estimate of drug-likeness (QED) is 0.909. The van der Waals surface area contributed by atoms with Crippen molar-refractivity contribution in [2.75, 3.05) is 14.2 Å². The standard InChI is InChI=1S/C17H28N2OS/c1-16(2)8-10-17(20-4,11-9-16)15-19-13-7-5-6-12(18-3)14(13)21-15/h12,18H,5-11H2,1-4H3. The van der Waals surface area contributed by atoms with Crippen molar-refractivity contribution < 1.29 is 4.74 Å². The molecule has 21 heavy (non-hydrogen) atoms. The number of rotatable bonds is 3. The Morgan fingerprint density at radius 2 is 1.95 bits per heavy atom. The van der Waals surface area contributed by atoms with Crippen LogP contribution in [0.2, 0.25) is 0 Å². The van der Waals surface area contributed by atoms with Gasteiger partial charge in [0.25, 0.3) is 0 Å². The fourth-order valence-corrected chi connectivity index (χ4v) is 5.21. The van der Waals surface area contributed by atoms with E-state index in [1.54, 1.807) is 0 Å². The van der Waals surface area contributed by atoms with Gasteiger partial charge in [-0.25, -0.2) is 4.98 Å². The molecule has 0 amide bonds. The third-order valence-corrected chi connectivity index (χ3v) is 6.89. The summed E-state index contributed by atoms with van der Waals surface area (Å²) in [5, 5.41) is 4.68. The van der Waals surface area contributed by atoms with Gasteiger partial charge in [0.15, 0.2) is 0 Å². The van der Waals surface area contributed by atoms with E-state index in [0.717, 1.165) is 19.3 Å². The van der Waals surface area contributed by atoms with Crippen molar-refractivity contribution in [3.05, 3.63) is 15.6 Å². The molecule has 1 unspecified atom stereocenters. The van der Waals surface area contributed by atoms with Crippen molar-refractivity contribution >= 4 is 11.3 Å². The molecular weight excluding hydrogens is 280 g/mol. The summed E-state index contributed by atoms with van der Waals surface area (Å²) in [5.74, 6) is 0.